The van der Waals surface area contributed by atoms with Crippen LogP contribution in [0.15, 0.2) is 115 Å². The van der Waals surface area contributed by atoms with Gasteiger partial charge in [-0.15, -0.1) is 6.58 Å². The third kappa shape index (κ3) is 7.66. The second-order valence-electron chi connectivity index (χ2n) is 8.67. The molecule has 1 aliphatic rings. The van der Waals surface area contributed by atoms with Crippen molar-refractivity contribution in [2.24, 2.45) is 0 Å². The first-order valence-corrected chi connectivity index (χ1v) is 12.2. The van der Waals surface area contributed by atoms with Gasteiger partial charge in [-0.25, -0.2) is 0 Å². The molecular weight excluding hydrogens is 436 g/mol. The standard InChI is InChI=1S/C31H34O4/c1-2-3-19-28-23-33-29(24-32-20-25-13-7-4-8-14-25)31(35-22-27-17-11-6-12-18-27)30(28)34-21-26-15-9-5-10-16-26/h2,4-18,23,29-31H,1,3,19-22,24H2/t29-,30-,31-/m1/s1. The topological polar surface area (TPSA) is 36.9 Å². The third-order valence-corrected chi connectivity index (χ3v) is 6.01. The van der Waals surface area contributed by atoms with E-state index in [1.54, 1.807) is 0 Å². The molecule has 1 heterocycles. The Morgan fingerprint density at radius 2 is 1.26 bits per heavy atom. The third-order valence-electron chi connectivity index (χ3n) is 6.01. The van der Waals surface area contributed by atoms with Gasteiger partial charge in [-0.1, -0.05) is 97.1 Å². The smallest absolute Gasteiger partial charge is 0.150 e. The van der Waals surface area contributed by atoms with Gasteiger partial charge in [0.2, 0.25) is 0 Å². The van der Waals surface area contributed by atoms with E-state index in [4.69, 9.17) is 18.9 Å². The summed E-state index contributed by atoms with van der Waals surface area (Å²) in [4.78, 5) is 0. The van der Waals surface area contributed by atoms with Crippen molar-refractivity contribution in [3.05, 3.63) is 132 Å². The highest BCUT2D eigenvalue weighted by Gasteiger charge is 2.38. The molecule has 1 aliphatic heterocycles. The van der Waals surface area contributed by atoms with Gasteiger partial charge in [-0.2, -0.15) is 0 Å². The molecule has 0 N–H and O–H groups in total. The minimum atomic E-state index is -0.306. The van der Waals surface area contributed by atoms with Gasteiger partial charge in [-0.3, -0.25) is 0 Å². The lowest BCUT2D eigenvalue weighted by Crippen LogP contribution is -2.48. The largest absolute Gasteiger partial charge is 0.493 e. The molecule has 0 radical (unpaired) electrons. The number of allylic oxidation sites excluding steroid dienone is 1. The zero-order valence-electron chi connectivity index (χ0n) is 20.1. The van der Waals surface area contributed by atoms with E-state index in [0.717, 1.165) is 35.1 Å². The van der Waals surface area contributed by atoms with Crippen molar-refractivity contribution in [2.45, 2.75) is 51.0 Å². The van der Waals surface area contributed by atoms with Crippen molar-refractivity contribution in [2.75, 3.05) is 6.61 Å². The Balaban J connectivity index is 1.50. The predicted octanol–water partition coefficient (Wildman–Crippen LogP) is 6.62. The zero-order chi connectivity index (χ0) is 24.1. The molecule has 4 heteroatoms. The van der Waals surface area contributed by atoms with E-state index in [1.165, 1.54) is 0 Å². The number of benzene rings is 3. The van der Waals surface area contributed by atoms with Crippen LogP contribution in [0.5, 0.6) is 0 Å². The first-order chi connectivity index (χ1) is 17.3. The van der Waals surface area contributed by atoms with Crippen LogP contribution in [-0.4, -0.2) is 24.9 Å². The number of hydrogen-bond acceptors (Lipinski definition) is 4. The van der Waals surface area contributed by atoms with Gasteiger partial charge in [-0.05, 0) is 35.1 Å². The average Bonchev–Trinajstić information content (AvgIpc) is 2.92. The highest BCUT2D eigenvalue weighted by molar-refractivity contribution is 5.18. The van der Waals surface area contributed by atoms with Crippen LogP contribution in [0.3, 0.4) is 0 Å². The van der Waals surface area contributed by atoms with Gasteiger partial charge in [0, 0.05) is 0 Å². The van der Waals surface area contributed by atoms with Crippen LogP contribution < -0.4 is 0 Å². The van der Waals surface area contributed by atoms with E-state index in [-0.39, 0.29) is 18.3 Å². The lowest BCUT2D eigenvalue weighted by atomic mass is 9.95. The first kappa shape index (κ1) is 24.9. The lowest BCUT2D eigenvalue weighted by Gasteiger charge is -2.38. The molecule has 0 fully saturated rings. The molecule has 3 atom stereocenters. The normalized spacial score (nSPS) is 19.5. The summed E-state index contributed by atoms with van der Waals surface area (Å²) in [6.45, 7) is 5.79. The highest BCUT2D eigenvalue weighted by Crippen LogP contribution is 2.30. The Bertz CT molecular complexity index is 1030. The quantitative estimate of drug-likeness (QED) is 0.263. The molecular formula is C31H34O4. The summed E-state index contributed by atoms with van der Waals surface area (Å²) in [7, 11) is 0. The molecule has 0 saturated carbocycles. The Kier molecular flexibility index (Phi) is 9.72. The van der Waals surface area contributed by atoms with Crippen LogP contribution in [0.2, 0.25) is 0 Å². The zero-order valence-corrected chi connectivity index (χ0v) is 20.1. The maximum Gasteiger partial charge on any atom is 0.150 e. The van der Waals surface area contributed by atoms with E-state index in [0.29, 0.717) is 26.4 Å². The van der Waals surface area contributed by atoms with E-state index < -0.39 is 0 Å². The van der Waals surface area contributed by atoms with Crippen molar-refractivity contribution in [1.82, 2.24) is 0 Å². The summed E-state index contributed by atoms with van der Waals surface area (Å²) in [5.41, 5.74) is 4.45. The average molecular weight is 471 g/mol. The Morgan fingerprint density at radius 3 is 1.83 bits per heavy atom. The van der Waals surface area contributed by atoms with Gasteiger partial charge >= 0.3 is 0 Å². The van der Waals surface area contributed by atoms with E-state index in [9.17, 15) is 0 Å². The van der Waals surface area contributed by atoms with Gasteiger partial charge in [0.25, 0.3) is 0 Å². The lowest BCUT2D eigenvalue weighted by molar-refractivity contribution is -0.152. The molecule has 35 heavy (non-hydrogen) atoms. The summed E-state index contributed by atoms with van der Waals surface area (Å²) >= 11 is 0. The van der Waals surface area contributed by atoms with Crippen LogP contribution in [0, 0.1) is 0 Å². The van der Waals surface area contributed by atoms with E-state index >= 15 is 0 Å². The minimum Gasteiger partial charge on any atom is -0.493 e. The van der Waals surface area contributed by atoms with Gasteiger partial charge in [0.15, 0.2) is 0 Å². The molecule has 0 saturated heterocycles. The van der Waals surface area contributed by atoms with Gasteiger partial charge in [0.05, 0.1) is 32.7 Å². The van der Waals surface area contributed by atoms with Gasteiger partial charge < -0.3 is 18.9 Å². The summed E-state index contributed by atoms with van der Waals surface area (Å²) in [5, 5.41) is 0. The molecule has 0 unspecified atom stereocenters. The monoisotopic (exact) mass is 470 g/mol. The predicted molar refractivity (Wildman–Crippen MR) is 139 cm³/mol. The van der Waals surface area contributed by atoms with Crippen molar-refractivity contribution in [3.8, 4) is 0 Å². The molecule has 0 spiro atoms. The fourth-order valence-corrected chi connectivity index (χ4v) is 4.12. The molecule has 3 aromatic rings. The maximum atomic E-state index is 6.51. The van der Waals surface area contributed by atoms with E-state index in [1.807, 2.05) is 66.9 Å². The van der Waals surface area contributed by atoms with Crippen LogP contribution in [0.4, 0.5) is 0 Å². The number of hydrogen-bond donors (Lipinski definition) is 0. The van der Waals surface area contributed by atoms with Crippen molar-refractivity contribution in [1.29, 1.82) is 0 Å². The van der Waals surface area contributed by atoms with Crippen LogP contribution in [-0.2, 0) is 38.8 Å². The molecule has 0 aliphatic carbocycles. The number of rotatable bonds is 13. The summed E-state index contributed by atoms with van der Waals surface area (Å²) in [5.74, 6) is 0. The van der Waals surface area contributed by atoms with Crippen molar-refractivity contribution in [3.63, 3.8) is 0 Å². The van der Waals surface area contributed by atoms with Crippen LogP contribution in [0.25, 0.3) is 0 Å². The molecule has 4 nitrogen and oxygen atoms in total. The fourth-order valence-electron chi connectivity index (χ4n) is 4.12. The Labute approximate surface area is 208 Å². The van der Waals surface area contributed by atoms with E-state index in [2.05, 4.69) is 43.0 Å². The van der Waals surface area contributed by atoms with Crippen LogP contribution in [0.1, 0.15) is 29.5 Å². The molecule has 0 bridgehead atoms. The Morgan fingerprint density at radius 1 is 0.714 bits per heavy atom. The highest BCUT2D eigenvalue weighted by atomic mass is 16.6. The minimum absolute atomic E-state index is 0.238. The maximum absolute atomic E-state index is 6.51. The summed E-state index contributed by atoms with van der Waals surface area (Å²) in [6.07, 6.45) is 4.60. The second-order valence-corrected chi connectivity index (χ2v) is 8.67. The SMILES string of the molecule is C=CCCC1=CO[C@H](COCc2ccccc2)[C@@H](OCc2ccccc2)[C@@H]1OCc1ccccc1. The van der Waals surface area contributed by atoms with Crippen molar-refractivity contribution < 1.29 is 18.9 Å². The Hall–Kier alpha value is -3.18. The second kappa shape index (κ2) is 13.6. The summed E-state index contributed by atoms with van der Waals surface area (Å²) < 4.78 is 25.3. The molecule has 0 amide bonds. The van der Waals surface area contributed by atoms with Crippen LogP contribution >= 0.6 is 0 Å². The van der Waals surface area contributed by atoms with Gasteiger partial charge in [0.1, 0.15) is 18.3 Å². The molecule has 0 aromatic heterocycles. The molecule has 3 aromatic carbocycles. The first-order valence-electron chi connectivity index (χ1n) is 12.2. The number of ether oxygens (including phenoxy) is 4. The fraction of sp³-hybridized carbons (Fsp3) is 0.290. The van der Waals surface area contributed by atoms with Crippen molar-refractivity contribution >= 4 is 0 Å². The molecule has 4 rings (SSSR count). The molecule has 182 valence electrons. The summed E-state index contributed by atoms with van der Waals surface area (Å²) in [6, 6.07) is 30.6.